The number of thiazole rings is 2. The van der Waals surface area contributed by atoms with Crippen LogP contribution in [0.25, 0.3) is 0 Å². The number of hydrogen-bond acceptors (Lipinski definition) is 5. The first-order valence-electron chi connectivity index (χ1n) is 8.49. The van der Waals surface area contributed by atoms with Gasteiger partial charge in [-0.3, -0.25) is 4.99 Å². The molecule has 2 rings (SSSR count). The number of guanidine groups is 1. The van der Waals surface area contributed by atoms with Crippen molar-refractivity contribution in [3.8, 4) is 0 Å². The van der Waals surface area contributed by atoms with Gasteiger partial charge in [0.25, 0.3) is 0 Å². The van der Waals surface area contributed by atoms with Gasteiger partial charge < -0.3 is 10.6 Å². The molecule has 0 bridgehead atoms. The van der Waals surface area contributed by atoms with Gasteiger partial charge in [-0.1, -0.05) is 13.8 Å². The van der Waals surface area contributed by atoms with E-state index in [-0.39, 0.29) is 0 Å². The van der Waals surface area contributed by atoms with E-state index in [9.17, 15) is 0 Å². The summed E-state index contributed by atoms with van der Waals surface area (Å²) in [5.41, 5.74) is 1.23. The third-order valence-corrected chi connectivity index (χ3v) is 5.98. The van der Waals surface area contributed by atoms with Crippen molar-refractivity contribution < 1.29 is 0 Å². The van der Waals surface area contributed by atoms with E-state index in [4.69, 9.17) is 0 Å². The second-order valence-electron chi connectivity index (χ2n) is 5.46. The van der Waals surface area contributed by atoms with Gasteiger partial charge in [0.05, 0.1) is 15.7 Å². The van der Waals surface area contributed by atoms with Crippen molar-refractivity contribution in [2.24, 2.45) is 4.99 Å². The standard InChI is InChI=1S/C17H27N5S2/c1-5-13-11-21-15(24-13)7-9-19-17(18-4)20-10-8-16-22-14(6-2)12(3)23-16/h11H,5-10H2,1-4H3,(H2,18,19,20). The molecule has 0 aromatic carbocycles. The second-order valence-corrected chi connectivity index (χ2v) is 7.95. The molecule has 0 aliphatic carbocycles. The molecule has 2 heterocycles. The normalized spacial score (nSPS) is 11.8. The number of nitrogens with zero attached hydrogens (tertiary/aromatic N) is 3. The first-order chi connectivity index (χ1) is 11.7. The second kappa shape index (κ2) is 9.74. The van der Waals surface area contributed by atoms with Crippen LogP contribution in [-0.4, -0.2) is 36.1 Å². The average molecular weight is 366 g/mol. The summed E-state index contributed by atoms with van der Waals surface area (Å²) in [7, 11) is 1.80. The predicted molar refractivity (Wildman–Crippen MR) is 104 cm³/mol. The van der Waals surface area contributed by atoms with Crippen LogP contribution < -0.4 is 10.6 Å². The van der Waals surface area contributed by atoms with Crippen LogP contribution >= 0.6 is 22.7 Å². The average Bonchev–Trinajstić information content (AvgIpc) is 3.19. The topological polar surface area (TPSA) is 62.2 Å². The molecule has 0 radical (unpaired) electrons. The molecule has 0 atom stereocenters. The van der Waals surface area contributed by atoms with Crippen LogP contribution in [0.5, 0.6) is 0 Å². The van der Waals surface area contributed by atoms with Crippen molar-refractivity contribution >= 4 is 28.6 Å². The summed E-state index contributed by atoms with van der Waals surface area (Å²) in [6.07, 6.45) is 5.91. The van der Waals surface area contributed by atoms with Crippen LogP contribution in [0.1, 0.15) is 39.3 Å². The molecule has 2 aromatic heterocycles. The van der Waals surface area contributed by atoms with Crippen LogP contribution in [0.4, 0.5) is 0 Å². The lowest BCUT2D eigenvalue weighted by molar-refractivity contribution is 0.778. The van der Waals surface area contributed by atoms with Crippen LogP contribution in [0.2, 0.25) is 0 Å². The summed E-state index contributed by atoms with van der Waals surface area (Å²) in [5, 5.41) is 9.08. The molecule has 0 aliphatic heterocycles. The first kappa shape index (κ1) is 18.9. The van der Waals surface area contributed by atoms with Crippen LogP contribution in [-0.2, 0) is 25.7 Å². The largest absolute Gasteiger partial charge is 0.356 e. The minimum absolute atomic E-state index is 0.839. The molecule has 24 heavy (non-hydrogen) atoms. The van der Waals surface area contributed by atoms with Gasteiger partial charge >= 0.3 is 0 Å². The number of aromatic nitrogens is 2. The van der Waals surface area contributed by atoms with E-state index in [1.165, 1.54) is 25.5 Å². The van der Waals surface area contributed by atoms with E-state index in [2.05, 4.69) is 46.4 Å². The Morgan fingerprint density at radius 3 is 2.33 bits per heavy atom. The van der Waals surface area contributed by atoms with Gasteiger partial charge in [0, 0.05) is 48.9 Å². The Morgan fingerprint density at radius 2 is 1.79 bits per heavy atom. The minimum Gasteiger partial charge on any atom is -0.356 e. The number of aryl methyl sites for hydroxylation is 3. The lowest BCUT2D eigenvalue weighted by atomic mass is 10.3. The van der Waals surface area contributed by atoms with E-state index < -0.39 is 0 Å². The van der Waals surface area contributed by atoms with Crippen LogP contribution in [0, 0.1) is 6.92 Å². The Balaban J connectivity index is 1.70. The quantitative estimate of drug-likeness (QED) is 0.558. The van der Waals surface area contributed by atoms with Gasteiger partial charge in [-0.15, -0.1) is 22.7 Å². The molecule has 0 spiro atoms. The third kappa shape index (κ3) is 5.56. The van der Waals surface area contributed by atoms with Gasteiger partial charge in [0.1, 0.15) is 0 Å². The molecule has 2 aromatic rings. The molecular weight excluding hydrogens is 338 g/mol. The van der Waals surface area contributed by atoms with Gasteiger partial charge in [-0.05, 0) is 19.8 Å². The smallest absolute Gasteiger partial charge is 0.191 e. The molecule has 0 unspecified atom stereocenters. The zero-order valence-corrected chi connectivity index (χ0v) is 16.6. The summed E-state index contributed by atoms with van der Waals surface area (Å²) in [6, 6.07) is 0. The van der Waals surface area contributed by atoms with Crippen molar-refractivity contribution in [3.63, 3.8) is 0 Å². The highest BCUT2D eigenvalue weighted by atomic mass is 32.1. The fraction of sp³-hybridized carbons (Fsp3) is 0.588. The molecule has 5 nitrogen and oxygen atoms in total. The van der Waals surface area contributed by atoms with Crippen molar-refractivity contribution in [1.82, 2.24) is 20.6 Å². The zero-order chi connectivity index (χ0) is 17.4. The number of aliphatic imine (C=N–C) groups is 1. The van der Waals surface area contributed by atoms with E-state index in [0.717, 1.165) is 44.7 Å². The Kier molecular flexibility index (Phi) is 7.65. The zero-order valence-electron chi connectivity index (χ0n) is 15.0. The van der Waals surface area contributed by atoms with Crippen molar-refractivity contribution in [1.29, 1.82) is 0 Å². The lowest BCUT2D eigenvalue weighted by Crippen LogP contribution is -2.39. The maximum absolute atomic E-state index is 4.67. The first-order valence-corrected chi connectivity index (χ1v) is 10.1. The SMILES string of the molecule is CCc1cnc(CCNC(=NC)NCCc2nc(CC)c(C)s2)s1. The Hall–Kier alpha value is -1.47. The minimum atomic E-state index is 0.839. The summed E-state index contributed by atoms with van der Waals surface area (Å²) >= 11 is 3.59. The molecular formula is C17H27N5S2. The Morgan fingerprint density at radius 1 is 1.08 bits per heavy atom. The van der Waals surface area contributed by atoms with E-state index >= 15 is 0 Å². The molecule has 2 N–H and O–H groups in total. The summed E-state index contributed by atoms with van der Waals surface area (Å²) in [4.78, 5) is 16.1. The van der Waals surface area contributed by atoms with Crippen LogP contribution in [0.3, 0.4) is 0 Å². The molecule has 0 aliphatic rings. The molecule has 0 fully saturated rings. The fourth-order valence-electron chi connectivity index (χ4n) is 2.35. The summed E-state index contributed by atoms with van der Waals surface area (Å²) < 4.78 is 0. The highest BCUT2D eigenvalue weighted by Crippen LogP contribution is 2.18. The molecule has 0 amide bonds. The Bertz CT molecular complexity index is 660. The highest BCUT2D eigenvalue weighted by molar-refractivity contribution is 7.11. The van der Waals surface area contributed by atoms with E-state index in [1.54, 1.807) is 29.7 Å². The van der Waals surface area contributed by atoms with Gasteiger partial charge in [0.2, 0.25) is 0 Å². The lowest BCUT2D eigenvalue weighted by Gasteiger charge is -2.10. The highest BCUT2D eigenvalue weighted by Gasteiger charge is 2.06. The van der Waals surface area contributed by atoms with E-state index in [0.29, 0.717) is 0 Å². The fourth-order valence-corrected chi connectivity index (χ4v) is 4.23. The summed E-state index contributed by atoms with van der Waals surface area (Å²) in [6.45, 7) is 8.15. The van der Waals surface area contributed by atoms with Crippen molar-refractivity contribution in [2.75, 3.05) is 20.1 Å². The molecule has 0 saturated carbocycles. The third-order valence-electron chi connectivity index (χ3n) is 3.71. The number of rotatable bonds is 8. The maximum Gasteiger partial charge on any atom is 0.191 e. The van der Waals surface area contributed by atoms with Crippen molar-refractivity contribution in [3.05, 3.63) is 31.7 Å². The summed E-state index contributed by atoms with van der Waals surface area (Å²) in [5.74, 6) is 0.839. The van der Waals surface area contributed by atoms with Crippen molar-refractivity contribution in [2.45, 2.75) is 46.5 Å². The van der Waals surface area contributed by atoms with Gasteiger partial charge in [-0.2, -0.15) is 0 Å². The Labute approximate surface area is 152 Å². The number of nitrogens with one attached hydrogen (secondary N) is 2. The number of hydrogen-bond donors (Lipinski definition) is 2. The molecule has 0 saturated heterocycles. The molecule has 132 valence electrons. The predicted octanol–water partition coefficient (Wildman–Crippen LogP) is 2.98. The molecule has 7 heteroatoms. The van der Waals surface area contributed by atoms with Gasteiger partial charge in [-0.25, -0.2) is 9.97 Å². The van der Waals surface area contributed by atoms with E-state index in [1.807, 2.05) is 6.20 Å². The monoisotopic (exact) mass is 365 g/mol. The van der Waals surface area contributed by atoms with Gasteiger partial charge in [0.15, 0.2) is 5.96 Å². The van der Waals surface area contributed by atoms with Crippen LogP contribution in [0.15, 0.2) is 11.2 Å². The maximum atomic E-state index is 4.67.